The number of piperidine rings is 2. The van der Waals surface area contributed by atoms with Gasteiger partial charge in [0.2, 0.25) is 8.32 Å². The largest absolute Gasteiger partial charge is 0.465 e. The summed E-state index contributed by atoms with van der Waals surface area (Å²) < 4.78 is 19.6. The Balaban J connectivity index is 1.87. The van der Waals surface area contributed by atoms with Gasteiger partial charge in [-0.3, -0.25) is 4.79 Å². The highest BCUT2D eigenvalue weighted by atomic mass is 28.4. The summed E-state index contributed by atoms with van der Waals surface area (Å²) in [6, 6.07) is 0.902. The molecule has 0 aromatic heterocycles. The maximum absolute atomic E-state index is 13.5. The predicted molar refractivity (Wildman–Crippen MR) is 183 cm³/mol. The zero-order chi connectivity index (χ0) is 31.9. The van der Waals surface area contributed by atoms with Crippen molar-refractivity contribution in [2.24, 2.45) is 17.3 Å². The number of hydrogen-bond acceptors (Lipinski definition) is 6. The Morgan fingerprint density at radius 2 is 1.64 bits per heavy atom. The zero-order valence-corrected chi connectivity index (χ0v) is 32.5. The number of ether oxygens (including phenoxy) is 1. The molecule has 6 nitrogen and oxygen atoms in total. The van der Waals surface area contributed by atoms with Crippen LogP contribution in [0.5, 0.6) is 0 Å². The van der Waals surface area contributed by atoms with Gasteiger partial charge in [-0.1, -0.05) is 67.8 Å². The van der Waals surface area contributed by atoms with Gasteiger partial charge in [0.15, 0.2) is 8.32 Å². The molecule has 3 fully saturated rings. The summed E-state index contributed by atoms with van der Waals surface area (Å²) in [4.78, 5) is 13.5. The molecule has 3 aliphatic rings. The van der Waals surface area contributed by atoms with Crippen LogP contribution in [-0.4, -0.2) is 74.1 Å². The van der Waals surface area contributed by atoms with Gasteiger partial charge in [-0.05, 0) is 85.4 Å². The highest BCUT2D eigenvalue weighted by Gasteiger charge is 2.59. The number of hydrogen-bond donors (Lipinski definition) is 1. The molecule has 0 aromatic carbocycles. The van der Waals surface area contributed by atoms with Crippen molar-refractivity contribution in [2.75, 3.05) is 26.3 Å². The van der Waals surface area contributed by atoms with E-state index in [4.69, 9.17) is 13.7 Å². The van der Waals surface area contributed by atoms with Crippen LogP contribution in [0.3, 0.4) is 0 Å². The van der Waals surface area contributed by atoms with Crippen LogP contribution in [0.1, 0.15) is 67.2 Å². The molecule has 0 amide bonds. The van der Waals surface area contributed by atoms with Gasteiger partial charge < -0.3 is 19.0 Å². The fraction of sp³-hybridized carbons (Fsp3) is 0.879. The normalized spacial score (nSPS) is 29.3. The lowest BCUT2D eigenvalue weighted by Crippen LogP contribution is -2.70. The Bertz CT molecular complexity index is 1020. The molecule has 2 aliphatic heterocycles. The Kier molecular flexibility index (Phi) is 10.9. The molecule has 9 heteroatoms. The van der Waals surface area contributed by atoms with E-state index in [9.17, 15) is 4.79 Å². The van der Waals surface area contributed by atoms with Crippen LogP contribution in [-0.2, 0) is 18.5 Å². The van der Waals surface area contributed by atoms with E-state index in [0.29, 0.717) is 12.5 Å². The molecule has 242 valence electrons. The molecule has 5 atom stereocenters. The molecule has 2 heterocycles. The SMILES string of the molecule is C=C=C1CC2C(C(=O)OCC[Si](C)(C)C)NCC3(CCCO[Si](C)(C)C(C)(C)C)CN(O[Si](C)(C)C(C)(C)C)C1CC23. The Hall–Kier alpha value is -0.519. The van der Waals surface area contributed by atoms with Crippen LogP contribution in [0, 0.1) is 17.3 Å². The van der Waals surface area contributed by atoms with Crippen LogP contribution >= 0.6 is 0 Å². The number of esters is 1. The van der Waals surface area contributed by atoms with Crippen LogP contribution in [0.15, 0.2) is 17.9 Å². The second-order valence-electron chi connectivity index (χ2n) is 17.8. The molecule has 42 heavy (non-hydrogen) atoms. The highest BCUT2D eigenvalue weighted by molar-refractivity contribution is 6.76. The number of nitrogens with one attached hydrogen (secondary N) is 1. The lowest BCUT2D eigenvalue weighted by Gasteiger charge is -2.62. The first-order valence-electron chi connectivity index (χ1n) is 16.4. The third-order valence-electron chi connectivity index (χ3n) is 11.4. The van der Waals surface area contributed by atoms with E-state index in [-0.39, 0.29) is 39.5 Å². The molecule has 2 saturated heterocycles. The van der Waals surface area contributed by atoms with Crippen molar-refractivity contribution in [3.05, 3.63) is 17.9 Å². The van der Waals surface area contributed by atoms with Crippen molar-refractivity contribution >= 4 is 30.7 Å². The monoisotopic (exact) mass is 636 g/mol. The van der Waals surface area contributed by atoms with E-state index in [0.717, 1.165) is 51.4 Å². The lowest BCUT2D eigenvalue weighted by molar-refractivity contribution is -0.201. The third kappa shape index (κ3) is 8.00. The fourth-order valence-electron chi connectivity index (χ4n) is 6.47. The van der Waals surface area contributed by atoms with E-state index in [1.54, 1.807) is 0 Å². The third-order valence-corrected chi connectivity index (χ3v) is 21.9. The number of hydroxylamine groups is 2. The van der Waals surface area contributed by atoms with Crippen LogP contribution in [0.25, 0.3) is 0 Å². The molecule has 5 unspecified atom stereocenters. The van der Waals surface area contributed by atoms with Gasteiger partial charge in [0.05, 0.1) is 12.6 Å². The van der Waals surface area contributed by atoms with E-state index < -0.39 is 24.7 Å². The number of carbonyl (C=O) groups excluding carboxylic acids is 1. The van der Waals surface area contributed by atoms with Gasteiger partial charge in [-0.15, -0.1) is 5.73 Å². The number of carbonyl (C=O) groups is 1. The Morgan fingerprint density at radius 3 is 2.19 bits per heavy atom. The minimum Gasteiger partial charge on any atom is -0.465 e. The van der Waals surface area contributed by atoms with Crippen molar-refractivity contribution < 1.29 is 18.5 Å². The molecule has 3 rings (SSSR count). The molecular weight excluding hydrogens is 573 g/mol. The first kappa shape index (κ1) is 36.0. The average molecular weight is 637 g/mol. The minimum atomic E-state index is -2.06. The molecule has 0 aromatic rings. The van der Waals surface area contributed by atoms with Crippen molar-refractivity contribution in [1.82, 2.24) is 10.4 Å². The fourth-order valence-corrected chi connectivity index (χ4v) is 9.32. The van der Waals surface area contributed by atoms with Crippen molar-refractivity contribution in [2.45, 2.75) is 141 Å². The molecule has 0 radical (unpaired) electrons. The molecule has 1 N–H and O–H groups in total. The average Bonchev–Trinajstić information content (AvgIpc) is 2.83. The van der Waals surface area contributed by atoms with Gasteiger partial charge >= 0.3 is 5.97 Å². The summed E-state index contributed by atoms with van der Waals surface area (Å²) in [6.07, 6.45) is 3.88. The second-order valence-corrected chi connectivity index (χ2v) is 32.9. The molecule has 0 spiro atoms. The van der Waals surface area contributed by atoms with Gasteiger partial charge in [0, 0.05) is 33.2 Å². The van der Waals surface area contributed by atoms with E-state index >= 15 is 0 Å². The molecule has 1 saturated carbocycles. The minimum absolute atomic E-state index is 0.0160. The summed E-state index contributed by atoms with van der Waals surface area (Å²) in [5, 5.41) is 6.39. The van der Waals surface area contributed by atoms with Gasteiger partial charge in [-0.2, -0.15) is 5.06 Å². The summed E-state index contributed by atoms with van der Waals surface area (Å²) in [6.45, 7) is 37.3. The highest BCUT2D eigenvalue weighted by Crippen LogP contribution is 2.56. The topological polar surface area (TPSA) is 60.0 Å². The van der Waals surface area contributed by atoms with E-state index in [2.05, 4.69) is 110 Å². The van der Waals surface area contributed by atoms with Gasteiger partial charge in [0.25, 0.3) is 0 Å². The smallest absolute Gasteiger partial charge is 0.323 e. The Morgan fingerprint density at radius 1 is 1.02 bits per heavy atom. The summed E-state index contributed by atoms with van der Waals surface area (Å²) >= 11 is 0. The van der Waals surface area contributed by atoms with Crippen molar-refractivity contribution in [1.29, 1.82) is 0 Å². The molecule has 2 bridgehead atoms. The van der Waals surface area contributed by atoms with Crippen molar-refractivity contribution in [3.8, 4) is 0 Å². The summed E-state index contributed by atoms with van der Waals surface area (Å²) in [5.74, 6) is 0.535. The van der Waals surface area contributed by atoms with Gasteiger partial charge in [0.1, 0.15) is 6.04 Å². The first-order chi connectivity index (χ1) is 19.0. The number of rotatable bonds is 11. The lowest BCUT2D eigenvalue weighted by atomic mass is 9.54. The molecule has 1 aliphatic carbocycles. The van der Waals surface area contributed by atoms with E-state index in [1.165, 1.54) is 5.57 Å². The quantitative estimate of drug-likeness (QED) is 0.107. The summed E-state index contributed by atoms with van der Waals surface area (Å²) in [5.41, 5.74) is 4.51. The van der Waals surface area contributed by atoms with Crippen molar-refractivity contribution in [3.63, 3.8) is 0 Å². The zero-order valence-electron chi connectivity index (χ0n) is 29.5. The van der Waals surface area contributed by atoms with E-state index in [1.807, 2.05) is 0 Å². The number of nitrogens with zero attached hydrogens (tertiary/aromatic N) is 1. The number of fused-ring (bicyclic) bond motifs is 1. The van der Waals surface area contributed by atoms with Crippen LogP contribution in [0.2, 0.25) is 61.9 Å². The van der Waals surface area contributed by atoms with Crippen LogP contribution in [0.4, 0.5) is 0 Å². The predicted octanol–water partition coefficient (Wildman–Crippen LogP) is 7.99. The maximum atomic E-state index is 13.5. The van der Waals surface area contributed by atoms with Gasteiger partial charge in [-0.25, -0.2) is 0 Å². The Labute approximate surface area is 261 Å². The van der Waals surface area contributed by atoms with Crippen LogP contribution < -0.4 is 5.32 Å². The maximum Gasteiger partial charge on any atom is 0.323 e. The first-order valence-corrected chi connectivity index (χ1v) is 25.9. The standard InChI is InChI=1S/C33H64N2O4Si3/c1-15-25-21-26-27-22-28(25)35(39-42(13,14)32(5,6)7)24-33(27,17-16-18-38-41(11,12)31(2,3)4)23-34-29(26)30(36)37-19-20-40(8,9)10/h26-29,34H,1,16-24H2,2-14H3. The summed E-state index contributed by atoms with van der Waals surface area (Å²) in [7, 11) is -5.14. The second kappa shape index (κ2) is 12.7. The molecular formula is C33H64N2O4Si3.